The van der Waals surface area contributed by atoms with E-state index >= 15 is 0 Å². The molecule has 0 fully saturated rings. The molecule has 2 aromatic rings. The van der Waals surface area contributed by atoms with Crippen LogP contribution in [-0.2, 0) is 11.8 Å². The van der Waals surface area contributed by atoms with Gasteiger partial charge in [-0.2, -0.15) is 0 Å². The molecule has 0 spiro atoms. The Bertz CT molecular complexity index is 806. The smallest absolute Gasteiger partial charge is 0.130 e. The minimum atomic E-state index is 0.0142. The molecule has 26 heavy (non-hydrogen) atoms. The minimum Gasteiger partial charge on any atom is -0.496 e. The van der Waals surface area contributed by atoms with Crippen LogP contribution in [0.25, 0.3) is 16.7 Å². The highest BCUT2D eigenvalue weighted by Gasteiger charge is 2.33. The van der Waals surface area contributed by atoms with Crippen molar-refractivity contribution in [1.82, 2.24) is 0 Å². The third-order valence-electron chi connectivity index (χ3n) is 5.51. The molecule has 0 radical (unpaired) electrons. The molecule has 0 N–H and O–H groups in total. The van der Waals surface area contributed by atoms with Crippen LogP contribution in [0.5, 0.6) is 5.75 Å². The summed E-state index contributed by atoms with van der Waals surface area (Å²) in [7, 11) is 1.80. The van der Waals surface area contributed by atoms with E-state index in [0.29, 0.717) is 11.8 Å². The SMILES string of the molecule is C=C1c2cc(C(C)(C)C)c(OC)c(-c3ccccc3)c2CC1CC(C)C. The first-order valence-electron chi connectivity index (χ1n) is 9.73. The fourth-order valence-electron chi connectivity index (χ4n) is 4.27. The lowest BCUT2D eigenvalue weighted by atomic mass is 9.81. The quantitative estimate of drug-likeness (QED) is 0.584. The molecular weight excluding hydrogens is 316 g/mol. The van der Waals surface area contributed by atoms with Crippen molar-refractivity contribution in [3.8, 4) is 16.9 Å². The number of methoxy groups -OCH3 is 1. The average Bonchev–Trinajstić information content (AvgIpc) is 2.88. The predicted octanol–water partition coefficient (Wildman–Crippen LogP) is 6.89. The van der Waals surface area contributed by atoms with Crippen molar-refractivity contribution >= 4 is 5.57 Å². The molecular formula is C25H32O. The van der Waals surface area contributed by atoms with E-state index in [1.807, 2.05) is 0 Å². The van der Waals surface area contributed by atoms with Gasteiger partial charge in [0.25, 0.3) is 0 Å². The fraction of sp³-hybridized carbons (Fsp3) is 0.440. The summed E-state index contributed by atoms with van der Waals surface area (Å²) in [4.78, 5) is 0. The van der Waals surface area contributed by atoms with Crippen molar-refractivity contribution in [2.75, 3.05) is 7.11 Å². The summed E-state index contributed by atoms with van der Waals surface area (Å²) in [6, 6.07) is 13.0. The molecule has 0 saturated carbocycles. The number of allylic oxidation sites excluding steroid dienone is 1. The van der Waals surface area contributed by atoms with Gasteiger partial charge in [-0.1, -0.05) is 71.5 Å². The lowest BCUT2D eigenvalue weighted by Crippen LogP contribution is -2.14. The van der Waals surface area contributed by atoms with Crippen molar-refractivity contribution in [2.45, 2.75) is 52.9 Å². The highest BCUT2D eigenvalue weighted by Crippen LogP contribution is 2.50. The summed E-state index contributed by atoms with van der Waals surface area (Å²) in [6.45, 7) is 15.9. The van der Waals surface area contributed by atoms with E-state index in [-0.39, 0.29) is 5.41 Å². The second-order valence-corrected chi connectivity index (χ2v) is 9.03. The molecule has 0 amide bonds. The van der Waals surface area contributed by atoms with Gasteiger partial charge in [0, 0.05) is 11.1 Å². The van der Waals surface area contributed by atoms with Crippen LogP contribution in [-0.4, -0.2) is 7.11 Å². The predicted molar refractivity (Wildman–Crippen MR) is 113 cm³/mol. The third-order valence-corrected chi connectivity index (χ3v) is 5.51. The summed E-state index contributed by atoms with van der Waals surface area (Å²) in [6.07, 6.45) is 2.26. The maximum Gasteiger partial charge on any atom is 0.130 e. The Hall–Kier alpha value is -2.02. The normalized spacial score (nSPS) is 16.9. The summed E-state index contributed by atoms with van der Waals surface area (Å²) in [5.41, 5.74) is 7.85. The van der Waals surface area contributed by atoms with Gasteiger partial charge in [0.1, 0.15) is 5.75 Å². The van der Waals surface area contributed by atoms with Gasteiger partial charge < -0.3 is 4.74 Å². The highest BCUT2D eigenvalue weighted by atomic mass is 16.5. The summed E-state index contributed by atoms with van der Waals surface area (Å²) >= 11 is 0. The Kier molecular flexibility index (Phi) is 5.01. The monoisotopic (exact) mass is 348 g/mol. The molecule has 0 bridgehead atoms. The molecule has 2 aromatic carbocycles. The van der Waals surface area contributed by atoms with Crippen LogP contribution in [0.3, 0.4) is 0 Å². The summed E-state index contributed by atoms with van der Waals surface area (Å²) < 4.78 is 6.00. The highest BCUT2D eigenvalue weighted by molar-refractivity contribution is 5.86. The van der Waals surface area contributed by atoms with Gasteiger partial charge in [0.05, 0.1) is 7.11 Å². The molecule has 0 aliphatic heterocycles. The summed E-state index contributed by atoms with van der Waals surface area (Å²) in [5, 5.41) is 0. The largest absolute Gasteiger partial charge is 0.496 e. The van der Waals surface area contributed by atoms with E-state index < -0.39 is 0 Å². The number of rotatable bonds is 4. The maximum absolute atomic E-state index is 6.00. The lowest BCUT2D eigenvalue weighted by molar-refractivity contribution is 0.398. The second-order valence-electron chi connectivity index (χ2n) is 9.03. The third kappa shape index (κ3) is 3.32. The molecule has 0 heterocycles. The van der Waals surface area contributed by atoms with Gasteiger partial charge in [0.15, 0.2) is 0 Å². The van der Waals surface area contributed by atoms with E-state index in [0.717, 1.165) is 12.2 Å². The van der Waals surface area contributed by atoms with Crippen LogP contribution in [0.4, 0.5) is 0 Å². The Morgan fingerprint density at radius 2 is 1.81 bits per heavy atom. The van der Waals surface area contributed by atoms with Crippen LogP contribution >= 0.6 is 0 Å². The molecule has 1 atom stereocenters. The number of hydrogen-bond acceptors (Lipinski definition) is 1. The zero-order valence-electron chi connectivity index (χ0n) is 17.1. The molecule has 0 saturated heterocycles. The Morgan fingerprint density at radius 3 is 2.35 bits per heavy atom. The molecule has 138 valence electrons. The van der Waals surface area contributed by atoms with Crippen molar-refractivity contribution in [3.05, 3.63) is 59.7 Å². The summed E-state index contributed by atoms with van der Waals surface area (Å²) in [5.74, 6) is 2.24. The van der Waals surface area contributed by atoms with Crippen molar-refractivity contribution < 1.29 is 4.74 Å². The standard InChI is InChI=1S/C25H32O/c1-16(2)13-19-14-21-20(17(19)3)15-22(25(4,5)6)24(26-7)23(21)18-11-9-8-10-12-18/h8-12,15-16,19H,3,13-14H2,1-2,4-7H3. The average molecular weight is 349 g/mol. The topological polar surface area (TPSA) is 9.23 Å². The van der Waals surface area contributed by atoms with Crippen LogP contribution in [0, 0.1) is 11.8 Å². The molecule has 3 rings (SSSR count). The molecule has 1 aliphatic rings. The van der Waals surface area contributed by atoms with Gasteiger partial charge in [0.2, 0.25) is 0 Å². The Balaban J connectivity index is 2.28. The van der Waals surface area contributed by atoms with Gasteiger partial charge in [-0.15, -0.1) is 0 Å². The van der Waals surface area contributed by atoms with Gasteiger partial charge in [-0.3, -0.25) is 0 Å². The Morgan fingerprint density at radius 1 is 1.15 bits per heavy atom. The first-order valence-corrected chi connectivity index (χ1v) is 9.73. The van der Waals surface area contributed by atoms with E-state index in [4.69, 9.17) is 4.74 Å². The molecule has 1 heteroatoms. The van der Waals surface area contributed by atoms with Crippen LogP contribution in [0.1, 0.15) is 57.7 Å². The van der Waals surface area contributed by atoms with E-state index in [1.54, 1.807) is 7.11 Å². The van der Waals surface area contributed by atoms with E-state index in [2.05, 4.69) is 77.6 Å². The zero-order chi connectivity index (χ0) is 19.1. The van der Waals surface area contributed by atoms with Crippen LogP contribution < -0.4 is 4.74 Å². The van der Waals surface area contributed by atoms with Crippen LogP contribution in [0.15, 0.2) is 43.0 Å². The lowest BCUT2D eigenvalue weighted by Gasteiger charge is -2.26. The molecule has 1 unspecified atom stereocenters. The molecule has 1 aliphatic carbocycles. The first kappa shape index (κ1) is 18.8. The van der Waals surface area contributed by atoms with Crippen molar-refractivity contribution in [3.63, 3.8) is 0 Å². The number of hydrogen-bond donors (Lipinski definition) is 0. The number of ether oxygens (including phenoxy) is 1. The second kappa shape index (κ2) is 6.95. The molecule has 0 aromatic heterocycles. The minimum absolute atomic E-state index is 0.0142. The van der Waals surface area contributed by atoms with Gasteiger partial charge in [-0.05, 0) is 58.4 Å². The van der Waals surface area contributed by atoms with Gasteiger partial charge >= 0.3 is 0 Å². The van der Waals surface area contributed by atoms with E-state index in [9.17, 15) is 0 Å². The van der Waals surface area contributed by atoms with Crippen molar-refractivity contribution in [2.24, 2.45) is 11.8 Å². The van der Waals surface area contributed by atoms with Gasteiger partial charge in [-0.25, -0.2) is 0 Å². The fourth-order valence-corrected chi connectivity index (χ4v) is 4.27. The molecule has 1 nitrogen and oxygen atoms in total. The first-order chi connectivity index (χ1) is 12.2. The maximum atomic E-state index is 6.00. The number of benzene rings is 2. The van der Waals surface area contributed by atoms with Crippen molar-refractivity contribution in [1.29, 1.82) is 0 Å². The van der Waals surface area contributed by atoms with E-state index in [1.165, 1.54) is 39.8 Å². The van der Waals surface area contributed by atoms with Crippen LogP contribution in [0.2, 0.25) is 0 Å². The Labute approximate surface area is 159 Å². The zero-order valence-corrected chi connectivity index (χ0v) is 17.1. The number of fused-ring (bicyclic) bond motifs is 1.